The van der Waals surface area contributed by atoms with E-state index in [1.165, 1.54) is 37.6 Å². The monoisotopic (exact) mass is 392 g/mol. The first-order valence-corrected chi connectivity index (χ1v) is 8.60. The van der Waals surface area contributed by atoms with Gasteiger partial charge in [-0.15, -0.1) is 0 Å². The van der Waals surface area contributed by atoms with Gasteiger partial charge in [0.25, 0.3) is 5.91 Å². The van der Waals surface area contributed by atoms with Crippen molar-refractivity contribution in [2.75, 3.05) is 7.11 Å². The summed E-state index contributed by atoms with van der Waals surface area (Å²) in [7, 11) is 1.52. The number of carbonyl (C=O) groups excluding carboxylic acids is 2. The zero-order valence-corrected chi connectivity index (χ0v) is 15.5. The van der Waals surface area contributed by atoms with Crippen LogP contribution in [0.25, 0.3) is 0 Å². The normalized spacial score (nSPS) is 10.6. The van der Waals surface area contributed by atoms with Crippen molar-refractivity contribution in [1.82, 2.24) is 5.43 Å². The molecule has 0 unspecified atom stereocenters. The lowest BCUT2D eigenvalue weighted by Crippen LogP contribution is -2.17. The molecule has 3 aromatic carbocycles. The predicted molar refractivity (Wildman–Crippen MR) is 106 cm³/mol. The molecule has 29 heavy (non-hydrogen) atoms. The molecule has 3 aromatic rings. The van der Waals surface area contributed by atoms with Crippen molar-refractivity contribution in [2.45, 2.75) is 0 Å². The molecule has 6 nitrogen and oxygen atoms in total. The highest BCUT2D eigenvalue weighted by atomic mass is 19.1. The lowest BCUT2D eigenvalue weighted by atomic mass is 10.2. The average Bonchev–Trinajstić information content (AvgIpc) is 2.75. The molecule has 0 atom stereocenters. The third kappa shape index (κ3) is 5.49. The number of esters is 1. The van der Waals surface area contributed by atoms with E-state index in [9.17, 15) is 14.0 Å². The van der Waals surface area contributed by atoms with E-state index in [1.807, 2.05) is 0 Å². The summed E-state index contributed by atoms with van der Waals surface area (Å²) >= 11 is 0. The summed E-state index contributed by atoms with van der Waals surface area (Å²) in [6.45, 7) is 0. The number of halogens is 1. The van der Waals surface area contributed by atoms with Gasteiger partial charge in [-0.25, -0.2) is 14.6 Å². The maximum absolute atomic E-state index is 12.9. The number of ether oxygens (including phenoxy) is 2. The third-order valence-corrected chi connectivity index (χ3v) is 3.88. The Labute approximate surface area is 166 Å². The van der Waals surface area contributed by atoms with Crippen molar-refractivity contribution in [3.05, 3.63) is 95.3 Å². The lowest BCUT2D eigenvalue weighted by molar-refractivity contribution is 0.0734. The molecule has 0 aromatic heterocycles. The van der Waals surface area contributed by atoms with Crippen LogP contribution in [0.4, 0.5) is 4.39 Å². The largest absolute Gasteiger partial charge is 0.497 e. The molecule has 0 aliphatic heterocycles. The number of nitrogens with one attached hydrogen (secondary N) is 1. The Hall–Kier alpha value is -4.00. The van der Waals surface area contributed by atoms with Gasteiger partial charge in [0, 0.05) is 5.56 Å². The molecule has 1 amide bonds. The Morgan fingerprint density at radius 1 is 0.931 bits per heavy atom. The highest BCUT2D eigenvalue weighted by Gasteiger charge is 2.08. The van der Waals surface area contributed by atoms with Gasteiger partial charge in [-0.2, -0.15) is 5.10 Å². The first-order valence-electron chi connectivity index (χ1n) is 8.60. The smallest absolute Gasteiger partial charge is 0.343 e. The second kappa shape index (κ2) is 9.27. The molecular formula is C22H17FN2O4. The molecule has 0 radical (unpaired) electrons. The van der Waals surface area contributed by atoms with Gasteiger partial charge in [0.15, 0.2) is 0 Å². The van der Waals surface area contributed by atoms with Crippen molar-refractivity contribution in [3.8, 4) is 11.5 Å². The Kier molecular flexibility index (Phi) is 6.32. The number of rotatable bonds is 6. The number of hydrogen-bond acceptors (Lipinski definition) is 5. The Morgan fingerprint density at radius 3 is 2.34 bits per heavy atom. The Bertz CT molecular complexity index is 1030. The zero-order chi connectivity index (χ0) is 20.6. The highest BCUT2D eigenvalue weighted by molar-refractivity contribution is 5.95. The minimum atomic E-state index is -0.586. The molecule has 0 saturated heterocycles. The fraction of sp³-hybridized carbons (Fsp3) is 0.0455. The molecule has 0 saturated carbocycles. The van der Waals surface area contributed by atoms with E-state index in [1.54, 1.807) is 48.5 Å². The minimum Gasteiger partial charge on any atom is -0.497 e. The van der Waals surface area contributed by atoms with Crippen LogP contribution in [0.1, 0.15) is 26.3 Å². The quantitative estimate of drug-likeness (QED) is 0.299. The van der Waals surface area contributed by atoms with E-state index in [-0.39, 0.29) is 11.5 Å². The van der Waals surface area contributed by atoms with E-state index in [0.29, 0.717) is 22.6 Å². The van der Waals surface area contributed by atoms with E-state index in [0.717, 1.165) is 0 Å². The molecule has 0 aliphatic carbocycles. The third-order valence-electron chi connectivity index (χ3n) is 3.88. The SMILES string of the molecule is COc1cccc(C(=O)N/N=C/c2ccc(OC(=O)c3ccc(F)cc3)cc2)c1. The Morgan fingerprint density at radius 2 is 1.66 bits per heavy atom. The van der Waals surface area contributed by atoms with E-state index < -0.39 is 11.8 Å². The Balaban J connectivity index is 1.56. The fourth-order valence-electron chi connectivity index (χ4n) is 2.37. The first kappa shape index (κ1) is 19.8. The van der Waals surface area contributed by atoms with Gasteiger partial charge in [-0.1, -0.05) is 6.07 Å². The summed E-state index contributed by atoms with van der Waals surface area (Å²) in [6.07, 6.45) is 1.46. The number of hydrogen-bond donors (Lipinski definition) is 1. The van der Waals surface area contributed by atoms with Crippen molar-refractivity contribution >= 4 is 18.1 Å². The minimum absolute atomic E-state index is 0.247. The second-order valence-electron chi connectivity index (χ2n) is 5.90. The maximum atomic E-state index is 12.9. The van der Waals surface area contributed by atoms with Crippen LogP contribution >= 0.6 is 0 Å². The molecule has 1 N–H and O–H groups in total. The average molecular weight is 392 g/mol. The summed E-state index contributed by atoms with van der Waals surface area (Å²) in [5, 5.41) is 3.91. The van der Waals surface area contributed by atoms with Gasteiger partial charge >= 0.3 is 5.97 Å². The van der Waals surface area contributed by atoms with Crippen LogP contribution in [-0.4, -0.2) is 25.2 Å². The van der Waals surface area contributed by atoms with Crippen LogP contribution < -0.4 is 14.9 Å². The molecule has 0 fully saturated rings. The first-order chi connectivity index (χ1) is 14.0. The van der Waals surface area contributed by atoms with E-state index in [4.69, 9.17) is 9.47 Å². The summed E-state index contributed by atoms with van der Waals surface area (Å²) in [5.41, 5.74) is 3.79. The van der Waals surface area contributed by atoms with Crippen molar-refractivity contribution in [1.29, 1.82) is 0 Å². The molecule has 7 heteroatoms. The van der Waals surface area contributed by atoms with Crippen molar-refractivity contribution in [2.24, 2.45) is 5.10 Å². The van der Waals surface area contributed by atoms with Crippen LogP contribution in [0.15, 0.2) is 77.9 Å². The molecule has 146 valence electrons. The van der Waals surface area contributed by atoms with Gasteiger partial charge in [0.2, 0.25) is 0 Å². The van der Waals surface area contributed by atoms with Gasteiger partial charge in [-0.05, 0) is 72.3 Å². The van der Waals surface area contributed by atoms with Crippen LogP contribution in [0.3, 0.4) is 0 Å². The van der Waals surface area contributed by atoms with Crippen LogP contribution in [0.2, 0.25) is 0 Å². The van der Waals surface area contributed by atoms with Gasteiger partial charge in [0.05, 0.1) is 18.9 Å². The molecular weight excluding hydrogens is 375 g/mol. The lowest BCUT2D eigenvalue weighted by Gasteiger charge is -2.05. The molecule has 0 spiro atoms. The summed E-state index contributed by atoms with van der Waals surface area (Å²) < 4.78 is 23.2. The van der Waals surface area contributed by atoms with E-state index >= 15 is 0 Å². The fourth-order valence-corrected chi connectivity index (χ4v) is 2.37. The number of nitrogens with zero attached hydrogens (tertiary/aromatic N) is 1. The zero-order valence-electron chi connectivity index (χ0n) is 15.5. The molecule has 0 aliphatic rings. The van der Waals surface area contributed by atoms with Crippen LogP contribution in [0.5, 0.6) is 11.5 Å². The van der Waals surface area contributed by atoms with Crippen molar-refractivity contribution < 1.29 is 23.5 Å². The van der Waals surface area contributed by atoms with Gasteiger partial charge in [-0.3, -0.25) is 4.79 Å². The number of amides is 1. The van der Waals surface area contributed by atoms with Gasteiger partial charge in [0.1, 0.15) is 17.3 Å². The van der Waals surface area contributed by atoms with Crippen molar-refractivity contribution in [3.63, 3.8) is 0 Å². The number of hydrazone groups is 1. The number of benzene rings is 3. The summed E-state index contributed by atoms with van der Waals surface area (Å²) in [6, 6.07) is 18.3. The molecule has 0 bridgehead atoms. The topological polar surface area (TPSA) is 77.0 Å². The van der Waals surface area contributed by atoms with Gasteiger partial charge < -0.3 is 9.47 Å². The molecule has 3 rings (SSSR count). The van der Waals surface area contributed by atoms with E-state index in [2.05, 4.69) is 10.5 Å². The second-order valence-corrected chi connectivity index (χ2v) is 5.90. The summed E-state index contributed by atoms with van der Waals surface area (Å²) in [4.78, 5) is 24.1. The predicted octanol–water partition coefficient (Wildman–Crippen LogP) is 3.82. The standard InChI is InChI=1S/C22H17FN2O4/c1-28-20-4-2-3-17(13-20)21(26)25-24-14-15-5-11-19(12-6-15)29-22(27)16-7-9-18(23)10-8-16/h2-14H,1H3,(H,25,26)/b24-14+. The van der Waals surface area contributed by atoms with Crippen LogP contribution in [0, 0.1) is 5.82 Å². The van der Waals surface area contributed by atoms with Crippen LogP contribution in [-0.2, 0) is 0 Å². The molecule has 0 heterocycles. The highest BCUT2D eigenvalue weighted by Crippen LogP contribution is 2.14. The maximum Gasteiger partial charge on any atom is 0.343 e. The number of methoxy groups -OCH3 is 1. The number of carbonyl (C=O) groups is 2. The summed E-state index contributed by atoms with van der Waals surface area (Å²) in [5.74, 6) is -0.477.